The van der Waals surface area contributed by atoms with Crippen molar-refractivity contribution in [2.75, 3.05) is 20.8 Å². The molecule has 0 unspecified atom stereocenters. The number of methoxy groups -OCH3 is 2. The molecule has 2 amide bonds. The van der Waals surface area contributed by atoms with Crippen LogP contribution in [0.25, 0.3) is 10.8 Å². The van der Waals surface area contributed by atoms with E-state index in [4.69, 9.17) is 14.2 Å². The van der Waals surface area contributed by atoms with Crippen LogP contribution in [0.5, 0.6) is 17.2 Å². The maximum Gasteiger partial charge on any atom is 0.276 e. The molecule has 0 saturated carbocycles. The summed E-state index contributed by atoms with van der Waals surface area (Å²) >= 11 is 0. The fourth-order valence-corrected chi connectivity index (χ4v) is 2.80. The number of carbonyl (C=O) groups excluding carboxylic acids is 2. The van der Waals surface area contributed by atoms with E-state index in [9.17, 15) is 9.59 Å². The van der Waals surface area contributed by atoms with E-state index in [1.807, 2.05) is 36.4 Å². The molecular formula is C22H22N2O5. The Balaban J connectivity index is 1.46. The Hall–Kier alpha value is -3.74. The first-order valence-corrected chi connectivity index (χ1v) is 8.99. The Morgan fingerprint density at radius 3 is 2.28 bits per heavy atom. The van der Waals surface area contributed by atoms with E-state index in [1.54, 1.807) is 31.4 Å². The molecule has 3 rings (SSSR count). The molecule has 2 N–H and O–H groups in total. The Morgan fingerprint density at radius 1 is 0.793 bits per heavy atom. The summed E-state index contributed by atoms with van der Waals surface area (Å²) in [7, 11) is 3.07. The summed E-state index contributed by atoms with van der Waals surface area (Å²) in [5.74, 6) is 0.868. The first-order valence-electron chi connectivity index (χ1n) is 8.99. The number of amides is 2. The molecule has 150 valence electrons. The average molecular weight is 394 g/mol. The van der Waals surface area contributed by atoms with Gasteiger partial charge in [-0.1, -0.05) is 36.4 Å². The molecule has 29 heavy (non-hydrogen) atoms. The fourth-order valence-electron chi connectivity index (χ4n) is 2.80. The van der Waals surface area contributed by atoms with Crippen LogP contribution in [0.15, 0.2) is 60.7 Å². The van der Waals surface area contributed by atoms with Crippen molar-refractivity contribution in [3.63, 3.8) is 0 Å². The number of hydrogen-bond acceptors (Lipinski definition) is 5. The van der Waals surface area contributed by atoms with Gasteiger partial charge >= 0.3 is 0 Å². The molecule has 7 nitrogen and oxygen atoms in total. The van der Waals surface area contributed by atoms with E-state index < -0.39 is 5.91 Å². The number of nitrogens with one attached hydrogen (secondary N) is 2. The molecule has 3 aromatic carbocycles. The lowest BCUT2D eigenvalue weighted by atomic mass is 10.1. The van der Waals surface area contributed by atoms with E-state index in [0.29, 0.717) is 17.2 Å². The van der Waals surface area contributed by atoms with Crippen LogP contribution in [0, 0.1) is 0 Å². The molecule has 7 heteroatoms. The fraction of sp³-hybridized carbons (Fsp3) is 0.182. The van der Waals surface area contributed by atoms with Crippen molar-refractivity contribution >= 4 is 22.6 Å². The summed E-state index contributed by atoms with van der Waals surface area (Å²) in [5, 5.41) is 2.11. The molecule has 0 spiro atoms. The van der Waals surface area contributed by atoms with E-state index >= 15 is 0 Å². The van der Waals surface area contributed by atoms with Crippen molar-refractivity contribution in [3.8, 4) is 17.2 Å². The van der Waals surface area contributed by atoms with Crippen LogP contribution in [-0.4, -0.2) is 32.6 Å². The lowest BCUT2D eigenvalue weighted by molar-refractivity contribution is -0.129. The largest absolute Gasteiger partial charge is 0.493 e. The quantitative estimate of drug-likeness (QED) is 0.602. The molecule has 0 fully saturated rings. The Kier molecular flexibility index (Phi) is 6.52. The molecular weight excluding hydrogens is 372 g/mol. The smallest absolute Gasteiger partial charge is 0.276 e. The van der Waals surface area contributed by atoms with Crippen molar-refractivity contribution in [1.29, 1.82) is 0 Å². The van der Waals surface area contributed by atoms with Crippen LogP contribution in [0.1, 0.15) is 5.56 Å². The monoisotopic (exact) mass is 394 g/mol. The lowest BCUT2D eigenvalue weighted by Crippen LogP contribution is -2.44. The summed E-state index contributed by atoms with van der Waals surface area (Å²) in [6.07, 6.45) is 0.0756. The number of fused-ring (bicyclic) bond motifs is 1. The van der Waals surface area contributed by atoms with Gasteiger partial charge in [0.15, 0.2) is 18.1 Å². The maximum absolute atomic E-state index is 12.1. The molecule has 0 radical (unpaired) electrons. The van der Waals surface area contributed by atoms with Gasteiger partial charge in [-0.25, -0.2) is 0 Å². The average Bonchev–Trinajstić information content (AvgIpc) is 2.76. The number of carbonyl (C=O) groups is 2. The van der Waals surface area contributed by atoms with Gasteiger partial charge in [0.1, 0.15) is 5.75 Å². The summed E-state index contributed by atoms with van der Waals surface area (Å²) < 4.78 is 15.9. The van der Waals surface area contributed by atoms with E-state index in [-0.39, 0.29) is 18.9 Å². The predicted octanol–water partition coefficient (Wildman–Crippen LogP) is 2.63. The first-order chi connectivity index (χ1) is 14.1. The van der Waals surface area contributed by atoms with Crippen LogP contribution >= 0.6 is 0 Å². The molecule has 0 aliphatic heterocycles. The van der Waals surface area contributed by atoms with Crippen LogP contribution in [0.4, 0.5) is 0 Å². The van der Waals surface area contributed by atoms with Crippen molar-refractivity contribution in [2.45, 2.75) is 6.42 Å². The van der Waals surface area contributed by atoms with Crippen LogP contribution < -0.4 is 25.1 Å². The van der Waals surface area contributed by atoms with E-state index in [2.05, 4.69) is 10.9 Å². The number of hydrogen-bond donors (Lipinski definition) is 2. The topological polar surface area (TPSA) is 85.9 Å². The molecule has 0 saturated heterocycles. The van der Waals surface area contributed by atoms with Gasteiger partial charge in [-0.05, 0) is 40.6 Å². The van der Waals surface area contributed by atoms with Gasteiger partial charge in [0, 0.05) is 0 Å². The minimum Gasteiger partial charge on any atom is -0.493 e. The minimum atomic E-state index is -0.459. The molecule has 3 aromatic rings. The van der Waals surface area contributed by atoms with E-state index in [1.165, 1.54) is 7.11 Å². The van der Waals surface area contributed by atoms with E-state index in [0.717, 1.165) is 16.3 Å². The highest BCUT2D eigenvalue weighted by Crippen LogP contribution is 2.27. The standard InChI is InChI=1S/C22H22N2O5/c1-27-19-10-7-15(11-20(19)28-2)12-21(25)23-24-22(26)14-29-18-9-8-16-5-3-4-6-17(16)13-18/h3-11,13H,12,14H2,1-2H3,(H,23,25)(H,24,26). The normalized spacial score (nSPS) is 10.3. The summed E-state index contributed by atoms with van der Waals surface area (Å²) in [6.45, 7) is -0.213. The highest BCUT2D eigenvalue weighted by Gasteiger charge is 2.10. The number of ether oxygens (including phenoxy) is 3. The molecule has 0 heterocycles. The molecule has 0 bridgehead atoms. The molecule has 0 atom stereocenters. The second kappa shape index (κ2) is 9.45. The Morgan fingerprint density at radius 2 is 1.52 bits per heavy atom. The highest BCUT2D eigenvalue weighted by atomic mass is 16.5. The third kappa shape index (κ3) is 5.38. The van der Waals surface area contributed by atoms with Crippen molar-refractivity contribution in [1.82, 2.24) is 10.9 Å². The Bertz CT molecular complexity index is 1020. The molecule has 0 aliphatic rings. The van der Waals surface area contributed by atoms with Gasteiger partial charge in [-0.3, -0.25) is 20.4 Å². The first kappa shape index (κ1) is 20.0. The maximum atomic E-state index is 12.1. The van der Waals surface area contributed by atoms with Gasteiger partial charge in [-0.2, -0.15) is 0 Å². The van der Waals surface area contributed by atoms with Gasteiger partial charge in [0.2, 0.25) is 5.91 Å². The second-order valence-corrected chi connectivity index (χ2v) is 6.26. The van der Waals surface area contributed by atoms with Gasteiger partial charge in [0.05, 0.1) is 20.6 Å². The molecule has 0 aliphatic carbocycles. The summed E-state index contributed by atoms with van der Waals surface area (Å²) in [5.41, 5.74) is 5.44. The zero-order valence-corrected chi connectivity index (χ0v) is 16.2. The van der Waals surface area contributed by atoms with Gasteiger partial charge in [-0.15, -0.1) is 0 Å². The predicted molar refractivity (Wildman–Crippen MR) is 109 cm³/mol. The summed E-state index contributed by atoms with van der Waals surface area (Å²) in [6, 6.07) is 18.6. The summed E-state index contributed by atoms with van der Waals surface area (Å²) in [4.78, 5) is 24.0. The zero-order valence-electron chi connectivity index (χ0n) is 16.2. The van der Waals surface area contributed by atoms with Crippen molar-refractivity contribution in [3.05, 3.63) is 66.2 Å². The number of rotatable bonds is 7. The SMILES string of the molecule is COc1ccc(CC(=O)NNC(=O)COc2ccc3ccccc3c2)cc1OC. The number of hydrazine groups is 1. The lowest BCUT2D eigenvalue weighted by Gasteiger charge is -2.11. The van der Waals surface area contributed by atoms with Crippen LogP contribution in [-0.2, 0) is 16.0 Å². The number of benzene rings is 3. The van der Waals surface area contributed by atoms with Crippen LogP contribution in [0.3, 0.4) is 0 Å². The molecule has 0 aromatic heterocycles. The van der Waals surface area contributed by atoms with Gasteiger partial charge < -0.3 is 14.2 Å². The minimum absolute atomic E-state index is 0.0756. The second-order valence-electron chi connectivity index (χ2n) is 6.26. The Labute approximate surface area is 168 Å². The van der Waals surface area contributed by atoms with Crippen molar-refractivity contribution in [2.24, 2.45) is 0 Å². The van der Waals surface area contributed by atoms with Crippen LogP contribution in [0.2, 0.25) is 0 Å². The highest BCUT2D eigenvalue weighted by molar-refractivity contribution is 5.85. The van der Waals surface area contributed by atoms with Gasteiger partial charge in [0.25, 0.3) is 5.91 Å². The van der Waals surface area contributed by atoms with Crippen molar-refractivity contribution < 1.29 is 23.8 Å². The third-order valence-corrected chi connectivity index (χ3v) is 4.24. The third-order valence-electron chi connectivity index (χ3n) is 4.24. The zero-order chi connectivity index (χ0) is 20.6.